The van der Waals surface area contributed by atoms with Gasteiger partial charge in [-0.05, 0) is 110 Å². The predicted molar refractivity (Wildman–Crippen MR) is 140 cm³/mol. The second-order valence-corrected chi connectivity index (χ2v) is 10.4. The smallest absolute Gasteiger partial charge is 0.0155 e. The summed E-state index contributed by atoms with van der Waals surface area (Å²) < 4.78 is 0. The third-order valence-corrected chi connectivity index (χ3v) is 7.66. The van der Waals surface area contributed by atoms with Crippen LogP contribution in [0.4, 0.5) is 0 Å². The van der Waals surface area contributed by atoms with Gasteiger partial charge < -0.3 is 0 Å². The third-order valence-electron chi connectivity index (χ3n) is 7.66. The van der Waals surface area contributed by atoms with Crippen molar-refractivity contribution in [1.82, 2.24) is 0 Å². The number of hydrogen-bond acceptors (Lipinski definition) is 0. The van der Waals surface area contributed by atoms with Gasteiger partial charge in [-0.2, -0.15) is 0 Å². The van der Waals surface area contributed by atoms with Crippen molar-refractivity contribution in [3.63, 3.8) is 0 Å². The molecular weight excluding hydrogens is 384 g/mol. The molecule has 0 aliphatic heterocycles. The van der Waals surface area contributed by atoms with E-state index in [9.17, 15) is 0 Å². The molecule has 32 heavy (non-hydrogen) atoms. The summed E-state index contributed by atoms with van der Waals surface area (Å²) in [4.78, 5) is 0. The lowest BCUT2D eigenvalue weighted by atomic mass is 9.79. The Labute approximate surface area is 196 Å². The lowest BCUT2D eigenvalue weighted by Gasteiger charge is -2.27. The van der Waals surface area contributed by atoms with Crippen molar-refractivity contribution in [1.29, 1.82) is 0 Å². The number of unbranched alkanes of at least 4 members (excludes halogenated alkanes) is 1. The molecule has 0 radical (unpaired) electrons. The van der Waals surface area contributed by atoms with E-state index >= 15 is 0 Å². The topological polar surface area (TPSA) is 0 Å². The van der Waals surface area contributed by atoms with Gasteiger partial charge in [-0.25, -0.2) is 0 Å². The monoisotopic (exact) mass is 424 g/mol. The Balaban J connectivity index is 1.32. The predicted octanol–water partition coefficient (Wildman–Crippen LogP) is 9.14. The van der Waals surface area contributed by atoms with Crippen LogP contribution in [-0.4, -0.2) is 0 Å². The minimum atomic E-state index is 0.769. The standard InChI is InChI=1S/C32H40/c1-23-9-15-29(16-10-23)31-19-20-32(26(4)22-31)30-17-12-27(13-18-30)7-5-6-8-28-14-11-24(2)21-25(28)3/h11-14,17-23,29H,5-10,15-16H2,1-4H3. The minimum Gasteiger partial charge on any atom is -0.0625 e. The molecule has 3 aromatic carbocycles. The molecule has 168 valence electrons. The third kappa shape index (κ3) is 5.71. The van der Waals surface area contributed by atoms with Gasteiger partial charge in [0.1, 0.15) is 0 Å². The first-order chi connectivity index (χ1) is 15.5. The highest BCUT2D eigenvalue weighted by Crippen LogP contribution is 2.37. The molecule has 1 aliphatic carbocycles. The lowest BCUT2D eigenvalue weighted by Crippen LogP contribution is -2.10. The zero-order valence-corrected chi connectivity index (χ0v) is 20.6. The van der Waals surface area contributed by atoms with Crippen LogP contribution in [0, 0.1) is 26.7 Å². The van der Waals surface area contributed by atoms with Gasteiger partial charge in [0.2, 0.25) is 0 Å². The highest BCUT2D eigenvalue weighted by atomic mass is 14.2. The van der Waals surface area contributed by atoms with Crippen LogP contribution in [0.5, 0.6) is 0 Å². The van der Waals surface area contributed by atoms with Crippen LogP contribution in [-0.2, 0) is 12.8 Å². The maximum Gasteiger partial charge on any atom is -0.0155 e. The van der Waals surface area contributed by atoms with E-state index in [1.807, 2.05) is 0 Å². The molecule has 0 atom stereocenters. The number of benzene rings is 3. The second kappa shape index (κ2) is 10.5. The van der Waals surface area contributed by atoms with E-state index < -0.39 is 0 Å². The van der Waals surface area contributed by atoms with Gasteiger partial charge in [0.05, 0.1) is 0 Å². The number of rotatable bonds is 7. The van der Waals surface area contributed by atoms with Gasteiger partial charge in [0.15, 0.2) is 0 Å². The fourth-order valence-electron chi connectivity index (χ4n) is 5.48. The van der Waals surface area contributed by atoms with E-state index in [2.05, 4.69) is 88.4 Å². The highest BCUT2D eigenvalue weighted by molar-refractivity contribution is 5.68. The van der Waals surface area contributed by atoms with E-state index in [-0.39, 0.29) is 0 Å². The van der Waals surface area contributed by atoms with Crippen molar-refractivity contribution in [3.8, 4) is 11.1 Å². The molecule has 1 aliphatic rings. The SMILES string of the molecule is Cc1ccc(CCCCc2ccc(-c3ccc(C4CCC(C)CC4)cc3C)cc2)c(C)c1. The van der Waals surface area contributed by atoms with Crippen molar-refractivity contribution in [2.45, 2.75) is 85.0 Å². The molecule has 1 saturated carbocycles. The molecule has 0 nitrogen and oxygen atoms in total. The molecule has 3 aromatic rings. The molecule has 1 fully saturated rings. The Hall–Kier alpha value is -2.34. The molecule has 0 heterocycles. The van der Waals surface area contributed by atoms with E-state index in [1.54, 1.807) is 5.56 Å². The summed E-state index contributed by atoms with van der Waals surface area (Å²) in [6, 6.07) is 23.4. The summed E-state index contributed by atoms with van der Waals surface area (Å²) >= 11 is 0. The molecule has 0 spiro atoms. The fourth-order valence-corrected chi connectivity index (χ4v) is 5.48. The average Bonchev–Trinajstić information content (AvgIpc) is 2.79. The van der Waals surface area contributed by atoms with E-state index in [0.717, 1.165) is 11.8 Å². The van der Waals surface area contributed by atoms with E-state index in [4.69, 9.17) is 0 Å². The first-order valence-electron chi connectivity index (χ1n) is 12.8. The van der Waals surface area contributed by atoms with Gasteiger partial charge in [0.25, 0.3) is 0 Å². The van der Waals surface area contributed by atoms with E-state index in [1.165, 1.54) is 90.3 Å². The van der Waals surface area contributed by atoms with Gasteiger partial charge in [-0.3, -0.25) is 0 Å². The Bertz CT molecular complexity index is 1020. The summed E-state index contributed by atoms with van der Waals surface area (Å²) in [6.07, 6.45) is 10.4. The highest BCUT2D eigenvalue weighted by Gasteiger charge is 2.20. The second-order valence-electron chi connectivity index (χ2n) is 10.4. The van der Waals surface area contributed by atoms with Crippen molar-refractivity contribution >= 4 is 0 Å². The van der Waals surface area contributed by atoms with Gasteiger partial charge in [-0.15, -0.1) is 0 Å². The quantitative estimate of drug-likeness (QED) is 0.332. The van der Waals surface area contributed by atoms with Crippen LogP contribution in [0.3, 0.4) is 0 Å². The molecule has 0 N–H and O–H groups in total. The van der Waals surface area contributed by atoms with Crippen LogP contribution in [0.25, 0.3) is 11.1 Å². The van der Waals surface area contributed by atoms with Crippen molar-refractivity contribution < 1.29 is 0 Å². The summed E-state index contributed by atoms with van der Waals surface area (Å²) in [5.41, 5.74) is 11.5. The molecule has 4 rings (SSSR count). The molecule has 0 amide bonds. The molecule has 0 saturated heterocycles. The zero-order valence-electron chi connectivity index (χ0n) is 20.6. The van der Waals surface area contributed by atoms with Gasteiger partial charge in [0, 0.05) is 0 Å². The first-order valence-corrected chi connectivity index (χ1v) is 12.8. The van der Waals surface area contributed by atoms with Crippen LogP contribution >= 0.6 is 0 Å². The Morgan fingerprint density at radius 3 is 2.09 bits per heavy atom. The van der Waals surface area contributed by atoms with Crippen molar-refractivity contribution in [2.24, 2.45) is 5.92 Å². The van der Waals surface area contributed by atoms with Gasteiger partial charge in [-0.1, -0.05) is 86.0 Å². The molecule has 0 aromatic heterocycles. The van der Waals surface area contributed by atoms with Crippen LogP contribution in [0.2, 0.25) is 0 Å². The van der Waals surface area contributed by atoms with Crippen molar-refractivity contribution in [2.75, 3.05) is 0 Å². The summed E-state index contributed by atoms with van der Waals surface area (Å²) in [6.45, 7) is 9.10. The molecule has 0 unspecified atom stereocenters. The number of aryl methyl sites for hydroxylation is 5. The molecule has 0 bridgehead atoms. The van der Waals surface area contributed by atoms with Crippen LogP contribution < -0.4 is 0 Å². The normalized spacial score (nSPS) is 18.6. The summed E-state index contributed by atoms with van der Waals surface area (Å²) in [7, 11) is 0. The Morgan fingerprint density at radius 2 is 1.41 bits per heavy atom. The van der Waals surface area contributed by atoms with Gasteiger partial charge >= 0.3 is 0 Å². The van der Waals surface area contributed by atoms with Crippen LogP contribution in [0.1, 0.15) is 84.7 Å². The number of hydrogen-bond donors (Lipinski definition) is 0. The lowest BCUT2D eigenvalue weighted by molar-refractivity contribution is 0.348. The van der Waals surface area contributed by atoms with Crippen LogP contribution in [0.15, 0.2) is 60.7 Å². The fraction of sp³-hybridized carbons (Fsp3) is 0.438. The largest absolute Gasteiger partial charge is 0.0625 e. The van der Waals surface area contributed by atoms with Crippen molar-refractivity contribution in [3.05, 3.63) is 94.0 Å². The summed E-state index contributed by atoms with van der Waals surface area (Å²) in [5.74, 6) is 1.68. The zero-order chi connectivity index (χ0) is 22.5. The molecular formula is C32H40. The Kier molecular flexibility index (Phi) is 7.51. The van der Waals surface area contributed by atoms with E-state index in [0.29, 0.717) is 0 Å². The Morgan fingerprint density at radius 1 is 0.688 bits per heavy atom. The maximum absolute atomic E-state index is 2.46. The summed E-state index contributed by atoms with van der Waals surface area (Å²) in [5, 5.41) is 0. The minimum absolute atomic E-state index is 0.769. The first kappa shape index (κ1) is 22.8. The maximum atomic E-state index is 2.46. The molecule has 0 heteroatoms. The average molecular weight is 425 g/mol.